The highest BCUT2D eigenvalue weighted by molar-refractivity contribution is 5.98. The van der Waals surface area contributed by atoms with Crippen LogP contribution in [0, 0.1) is 0 Å². The Bertz CT molecular complexity index is 561. The predicted octanol–water partition coefficient (Wildman–Crippen LogP) is 1.66. The van der Waals surface area contributed by atoms with Gasteiger partial charge in [0.1, 0.15) is 12.6 Å². The van der Waals surface area contributed by atoms with Crippen molar-refractivity contribution < 1.29 is 10.1 Å². The van der Waals surface area contributed by atoms with E-state index in [1.807, 2.05) is 13.1 Å². The molecule has 20 heavy (non-hydrogen) atoms. The van der Waals surface area contributed by atoms with Crippen LogP contribution in [0.5, 0.6) is 0 Å². The number of hydrogen-bond acceptors (Lipinski definition) is 3. The van der Waals surface area contributed by atoms with Crippen LogP contribution in [0.2, 0.25) is 0 Å². The van der Waals surface area contributed by atoms with Gasteiger partial charge in [0.25, 0.3) is 0 Å². The SMILES string of the molecule is C=C1CC(C)=Nc2cc(C(C)C[NH2+]CC3CO3)cnc21. The number of quaternary nitrogens is 1. The molecule has 0 radical (unpaired) electrons. The number of nitrogens with two attached hydrogens (primary N) is 1. The minimum absolute atomic E-state index is 0.470. The summed E-state index contributed by atoms with van der Waals surface area (Å²) in [4.78, 5) is 9.19. The topological polar surface area (TPSA) is 54.4 Å². The second kappa shape index (κ2) is 5.46. The summed E-state index contributed by atoms with van der Waals surface area (Å²) in [5.74, 6) is 0.470. The average molecular weight is 272 g/mol. The van der Waals surface area contributed by atoms with Crippen LogP contribution < -0.4 is 5.32 Å². The van der Waals surface area contributed by atoms with Crippen LogP contribution in [0.25, 0.3) is 5.57 Å². The van der Waals surface area contributed by atoms with Crippen molar-refractivity contribution in [3.05, 3.63) is 30.1 Å². The van der Waals surface area contributed by atoms with E-state index in [1.165, 1.54) is 5.56 Å². The average Bonchev–Trinajstić information content (AvgIpc) is 3.21. The molecule has 2 N–H and O–H groups in total. The second-order valence-corrected chi connectivity index (χ2v) is 5.88. The molecular formula is C16H22N3O+. The number of pyridine rings is 1. The van der Waals surface area contributed by atoms with Crippen molar-refractivity contribution in [2.24, 2.45) is 4.99 Å². The quantitative estimate of drug-likeness (QED) is 0.829. The third-order valence-electron chi connectivity index (χ3n) is 3.93. The van der Waals surface area contributed by atoms with Crippen LogP contribution in [0.15, 0.2) is 23.8 Å². The lowest BCUT2D eigenvalue weighted by atomic mass is 9.98. The fraction of sp³-hybridized carbons (Fsp3) is 0.500. The van der Waals surface area contributed by atoms with E-state index in [1.54, 1.807) is 0 Å². The zero-order chi connectivity index (χ0) is 14.1. The van der Waals surface area contributed by atoms with Gasteiger partial charge in [-0.2, -0.15) is 0 Å². The number of nitrogens with zero attached hydrogens (tertiary/aromatic N) is 2. The maximum atomic E-state index is 5.22. The van der Waals surface area contributed by atoms with E-state index in [0.717, 1.165) is 48.8 Å². The van der Waals surface area contributed by atoms with Crippen molar-refractivity contribution in [1.29, 1.82) is 0 Å². The summed E-state index contributed by atoms with van der Waals surface area (Å²) in [6.45, 7) is 11.4. The first-order valence-electron chi connectivity index (χ1n) is 7.29. The zero-order valence-electron chi connectivity index (χ0n) is 12.2. The van der Waals surface area contributed by atoms with E-state index in [9.17, 15) is 0 Å². The molecule has 0 bridgehead atoms. The van der Waals surface area contributed by atoms with Crippen LogP contribution in [0.3, 0.4) is 0 Å². The minimum Gasteiger partial charge on any atom is -0.367 e. The lowest BCUT2D eigenvalue weighted by Gasteiger charge is -2.17. The molecule has 2 atom stereocenters. The molecule has 106 valence electrons. The lowest BCUT2D eigenvalue weighted by Crippen LogP contribution is -2.86. The summed E-state index contributed by atoms with van der Waals surface area (Å²) in [7, 11) is 0. The maximum Gasteiger partial charge on any atom is 0.130 e. The second-order valence-electron chi connectivity index (χ2n) is 5.88. The zero-order valence-corrected chi connectivity index (χ0v) is 12.2. The molecule has 2 unspecified atom stereocenters. The van der Waals surface area contributed by atoms with E-state index in [4.69, 9.17) is 4.74 Å². The first-order chi connectivity index (χ1) is 9.63. The van der Waals surface area contributed by atoms with Crippen molar-refractivity contribution in [3.8, 4) is 0 Å². The largest absolute Gasteiger partial charge is 0.367 e. The molecule has 0 aromatic carbocycles. The Morgan fingerprint density at radius 1 is 1.55 bits per heavy atom. The van der Waals surface area contributed by atoms with E-state index in [0.29, 0.717) is 12.0 Å². The Labute approximate surface area is 120 Å². The third kappa shape index (κ3) is 2.97. The monoisotopic (exact) mass is 272 g/mol. The summed E-state index contributed by atoms with van der Waals surface area (Å²) in [6.07, 6.45) is 3.30. The number of ether oxygens (including phenoxy) is 1. The fourth-order valence-electron chi connectivity index (χ4n) is 2.61. The van der Waals surface area contributed by atoms with Crippen molar-refractivity contribution in [1.82, 2.24) is 4.98 Å². The number of rotatable bonds is 5. The molecule has 1 aromatic rings. The molecule has 1 aromatic heterocycles. The van der Waals surface area contributed by atoms with Gasteiger partial charge in [-0.1, -0.05) is 13.5 Å². The van der Waals surface area contributed by atoms with Gasteiger partial charge in [-0.05, 0) is 24.1 Å². The highest BCUT2D eigenvalue weighted by Crippen LogP contribution is 2.32. The predicted molar refractivity (Wildman–Crippen MR) is 80.5 cm³/mol. The number of fused-ring (bicyclic) bond motifs is 1. The molecule has 2 aliphatic rings. The maximum absolute atomic E-state index is 5.22. The third-order valence-corrected chi connectivity index (χ3v) is 3.93. The summed E-state index contributed by atoms with van der Waals surface area (Å²) in [5.41, 5.74) is 5.38. The van der Waals surface area contributed by atoms with Crippen molar-refractivity contribution in [3.63, 3.8) is 0 Å². The summed E-state index contributed by atoms with van der Waals surface area (Å²) >= 11 is 0. The molecule has 4 nitrogen and oxygen atoms in total. The first-order valence-corrected chi connectivity index (χ1v) is 7.29. The standard InChI is InChI=1S/C16H21N3O/c1-10-4-12(3)19-15-5-13(7-18-16(10)15)11(2)6-17-8-14-9-20-14/h5,7,11,14,17H,1,4,6,8-9H2,2-3H3/p+1. The molecule has 2 aliphatic heterocycles. The van der Waals surface area contributed by atoms with Crippen molar-refractivity contribution >= 4 is 17.0 Å². The van der Waals surface area contributed by atoms with Crippen LogP contribution >= 0.6 is 0 Å². The smallest absolute Gasteiger partial charge is 0.130 e. The molecule has 3 heterocycles. The van der Waals surface area contributed by atoms with E-state index in [2.05, 4.69) is 34.9 Å². The number of allylic oxidation sites excluding steroid dienone is 1. The minimum atomic E-state index is 0.470. The van der Waals surface area contributed by atoms with Gasteiger partial charge >= 0.3 is 0 Å². The number of aromatic nitrogens is 1. The highest BCUT2D eigenvalue weighted by Gasteiger charge is 2.24. The Morgan fingerprint density at radius 3 is 3.10 bits per heavy atom. The normalized spacial score (nSPS) is 22.2. The fourth-order valence-corrected chi connectivity index (χ4v) is 2.61. The van der Waals surface area contributed by atoms with Crippen LogP contribution in [0.1, 0.15) is 37.4 Å². The highest BCUT2D eigenvalue weighted by atomic mass is 16.6. The Morgan fingerprint density at radius 2 is 2.35 bits per heavy atom. The lowest BCUT2D eigenvalue weighted by molar-refractivity contribution is -0.657. The van der Waals surface area contributed by atoms with Crippen molar-refractivity contribution in [2.75, 3.05) is 19.7 Å². The summed E-state index contributed by atoms with van der Waals surface area (Å²) < 4.78 is 5.22. The van der Waals surface area contributed by atoms with Gasteiger partial charge in [0.05, 0.1) is 24.5 Å². The molecule has 0 amide bonds. The molecular weight excluding hydrogens is 250 g/mol. The van der Waals surface area contributed by atoms with Crippen molar-refractivity contribution in [2.45, 2.75) is 32.3 Å². The van der Waals surface area contributed by atoms with Crippen LogP contribution in [0.4, 0.5) is 5.69 Å². The van der Waals surface area contributed by atoms with Gasteiger partial charge in [0.15, 0.2) is 0 Å². The van der Waals surface area contributed by atoms with Gasteiger partial charge in [0, 0.05) is 24.2 Å². The Kier molecular flexibility index (Phi) is 3.68. The number of epoxide rings is 1. The molecule has 0 saturated carbocycles. The number of aliphatic imine (C=N–C) groups is 1. The molecule has 0 aliphatic carbocycles. The first kappa shape index (κ1) is 13.5. The van der Waals surface area contributed by atoms with Gasteiger partial charge < -0.3 is 10.1 Å². The molecule has 1 fully saturated rings. The van der Waals surface area contributed by atoms with Crippen LogP contribution in [-0.2, 0) is 4.74 Å². The van der Waals surface area contributed by atoms with E-state index in [-0.39, 0.29) is 0 Å². The number of hydrogen-bond donors (Lipinski definition) is 1. The van der Waals surface area contributed by atoms with Gasteiger partial charge in [-0.25, -0.2) is 0 Å². The molecule has 4 heteroatoms. The molecule has 3 rings (SSSR count). The van der Waals surface area contributed by atoms with Gasteiger partial charge in [-0.3, -0.25) is 9.98 Å². The van der Waals surface area contributed by atoms with E-state index < -0.39 is 0 Å². The molecule has 0 spiro atoms. The van der Waals surface area contributed by atoms with E-state index >= 15 is 0 Å². The van der Waals surface area contributed by atoms with Crippen LogP contribution in [-0.4, -0.2) is 36.5 Å². The Hall–Kier alpha value is -1.52. The Balaban J connectivity index is 1.71. The van der Waals surface area contributed by atoms with Gasteiger partial charge in [-0.15, -0.1) is 0 Å². The molecule has 1 saturated heterocycles. The summed E-state index contributed by atoms with van der Waals surface area (Å²) in [5, 5.41) is 2.33. The summed E-state index contributed by atoms with van der Waals surface area (Å²) in [6, 6.07) is 2.17. The van der Waals surface area contributed by atoms with Gasteiger partial charge in [0.2, 0.25) is 0 Å².